The number of H-pyrrole nitrogens is 1. The summed E-state index contributed by atoms with van der Waals surface area (Å²) in [6, 6.07) is 4.68. The van der Waals surface area contributed by atoms with Crippen molar-refractivity contribution in [3.63, 3.8) is 0 Å². The van der Waals surface area contributed by atoms with E-state index in [9.17, 15) is 4.39 Å². The maximum atomic E-state index is 13.1. The molecule has 3 nitrogen and oxygen atoms in total. The number of hydrogen-bond donors (Lipinski definition) is 1. The van der Waals surface area contributed by atoms with Crippen LogP contribution >= 0.6 is 0 Å². The second kappa shape index (κ2) is 3.40. The quantitative estimate of drug-likeness (QED) is 0.840. The Kier molecular flexibility index (Phi) is 2.02. The van der Waals surface area contributed by atoms with Crippen molar-refractivity contribution in [1.82, 2.24) is 15.2 Å². The standard InChI is InChI=1S/C12H12FN3/c1-7-2-5-9(13)6-10(7)12-14-11(15-16-12)8-3-4-8/h2,5-6,8H,3-4H2,1H3,(H,14,15,16). The number of halogens is 1. The smallest absolute Gasteiger partial charge is 0.181 e. The first-order chi connectivity index (χ1) is 7.74. The fraction of sp³-hybridized carbons (Fsp3) is 0.333. The molecule has 82 valence electrons. The maximum absolute atomic E-state index is 13.1. The van der Waals surface area contributed by atoms with Crippen LogP contribution in [0.4, 0.5) is 4.39 Å². The van der Waals surface area contributed by atoms with Crippen molar-refractivity contribution < 1.29 is 4.39 Å². The topological polar surface area (TPSA) is 41.6 Å². The van der Waals surface area contributed by atoms with Gasteiger partial charge in [-0.1, -0.05) is 6.07 Å². The van der Waals surface area contributed by atoms with Crippen molar-refractivity contribution in [3.05, 3.63) is 35.4 Å². The van der Waals surface area contributed by atoms with E-state index >= 15 is 0 Å². The number of aryl methyl sites for hydroxylation is 1. The van der Waals surface area contributed by atoms with E-state index < -0.39 is 0 Å². The Morgan fingerprint density at radius 2 is 2.19 bits per heavy atom. The zero-order valence-corrected chi connectivity index (χ0v) is 9.00. The van der Waals surface area contributed by atoms with E-state index in [-0.39, 0.29) is 5.82 Å². The van der Waals surface area contributed by atoms with Gasteiger partial charge in [0.25, 0.3) is 0 Å². The minimum Gasteiger partial charge on any atom is -0.262 e. The minimum atomic E-state index is -0.252. The fourth-order valence-electron chi connectivity index (χ4n) is 1.77. The lowest BCUT2D eigenvalue weighted by Crippen LogP contribution is -1.87. The summed E-state index contributed by atoms with van der Waals surface area (Å²) in [6.07, 6.45) is 2.35. The molecule has 1 aromatic heterocycles. The maximum Gasteiger partial charge on any atom is 0.181 e. The van der Waals surface area contributed by atoms with Crippen LogP contribution in [-0.2, 0) is 0 Å². The Balaban J connectivity index is 2.03. The monoisotopic (exact) mass is 217 g/mol. The van der Waals surface area contributed by atoms with Crippen LogP contribution in [0.15, 0.2) is 18.2 Å². The van der Waals surface area contributed by atoms with Crippen LogP contribution in [0.25, 0.3) is 11.4 Å². The molecule has 1 saturated carbocycles. The van der Waals surface area contributed by atoms with Crippen molar-refractivity contribution in [2.75, 3.05) is 0 Å². The number of aromatic nitrogens is 3. The molecule has 1 aromatic carbocycles. The SMILES string of the molecule is Cc1ccc(F)cc1-c1n[nH]c(C2CC2)n1. The molecule has 0 saturated heterocycles. The molecule has 2 aromatic rings. The first-order valence-corrected chi connectivity index (χ1v) is 5.43. The number of aromatic amines is 1. The summed E-state index contributed by atoms with van der Waals surface area (Å²) in [5, 5.41) is 7.08. The summed E-state index contributed by atoms with van der Waals surface area (Å²) >= 11 is 0. The summed E-state index contributed by atoms with van der Waals surface area (Å²) in [6.45, 7) is 1.93. The molecule has 0 unspecified atom stereocenters. The molecule has 1 aliphatic rings. The fourth-order valence-corrected chi connectivity index (χ4v) is 1.77. The van der Waals surface area contributed by atoms with Crippen molar-refractivity contribution >= 4 is 0 Å². The third-order valence-electron chi connectivity index (χ3n) is 2.91. The van der Waals surface area contributed by atoms with E-state index in [1.165, 1.54) is 25.0 Å². The summed E-state index contributed by atoms with van der Waals surface area (Å²) in [5.41, 5.74) is 1.76. The van der Waals surface area contributed by atoms with Crippen LogP contribution in [0.2, 0.25) is 0 Å². The molecular formula is C12H12FN3. The van der Waals surface area contributed by atoms with E-state index in [1.807, 2.05) is 6.92 Å². The molecule has 4 heteroatoms. The molecule has 0 amide bonds. The molecule has 0 aliphatic heterocycles. The summed E-state index contributed by atoms with van der Waals surface area (Å²) < 4.78 is 13.1. The number of rotatable bonds is 2. The van der Waals surface area contributed by atoms with Gasteiger partial charge in [-0.3, -0.25) is 5.10 Å². The molecule has 1 aliphatic carbocycles. The minimum absolute atomic E-state index is 0.252. The highest BCUT2D eigenvalue weighted by molar-refractivity contribution is 5.59. The molecule has 1 N–H and O–H groups in total. The first kappa shape index (κ1) is 9.51. The van der Waals surface area contributed by atoms with Gasteiger partial charge in [0.1, 0.15) is 11.6 Å². The van der Waals surface area contributed by atoms with Gasteiger partial charge < -0.3 is 0 Å². The Morgan fingerprint density at radius 1 is 1.38 bits per heavy atom. The number of nitrogens with zero attached hydrogens (tertiary/aromatic N) is 2. The zero-order valence-electron chi connectivity index (χ0n) is 9.00. The second-order valence-electron chi connectivity index (χ2n) is 4.28. The first-order valence-electron chi connectivity index (χ1n) is 5.43. The highest BCUT2D eigenvalue weighted by atomic mass is 19.1. The average molecular weight is 217 g/mol. The lowest BCUT2D eigenvalue weighted by Gasteiger charge is -2.00. The summed E-state index contributed by atoms with van der Waals surface area (Å²) in [7, 11) is 0. The van der Waals surface area contributed by atoms with Crippen LogP contribution < -0.4 is 0 Å². The molecule has 0 atom stereocenters. The highest BCUT2D eigenvalue weighted by Gasteiger charge is 2.27. The highest BCUT2D eigenvalue weighted by Crippen LogP contribution is 2.38. The molecule has 3 rings (SSSR count). The van der Waals surface area contributed by atoms with Crippen molar-refractivity contribution in [2.45, 2.75) is 25.7 Å². The molecule has 16 heavy (non-hydrogen) atoms. The van der Waals surface area contributed by atoms with E-state index in [0.717, 1.165) is 17.0 Å². The van der Waals surface area contributed by atoms with Crippen LogP contribution in [0.1, 0.15) is 30.1 Å². The summed E-state index contributed by atoms with van der Waals surface area (Å²) in [4.78, 5) is 4.41. The molecular weight excluding hydrogens is 205 g/mol. The van der Waals surface area contributed by atoms with Gasteiger partial charge in [0.05, 0.1) is 0 Å². The van der Waals surface area contributed by atoms with Crippen molar-refractivity contribution in [2.24, 2.45) is 0 Å². The second-order valence-corrected chi connectivity index (χ2v) is 4.28. The van der Waals surface area contributed by atoms with Gasteiger partial charge in [-0.05, 0) is 37.5 Å². The molecule has 1 fully saturated rings. The van der Waals surface area contributed by atoms with Crippen LogP contribution in [0.3, 0.4) is 0 Å². The predicted molar refractivity (Wildman–Crippen MR) is 58.5 cm³/mol. The van der Waals surface area contributed by atoms with Crippen LogP contribution in [0, 0.1) is 12.7 Å². The van der Waals surface area contributed by atoms with E-state index in [1.54, 1.807) is 6.07 Å². The molecule has 0 spiro atoms. The van der Waals surface area contributed by atoms with Gasteiger partial charge in [-0.15, -0.1) is 0 Å². The van der Waals surface area contributed by atoms with Gasteiger partial charge in [0.2, 0.25) is 0 Å². The van der Waals surface area contributed by atoms with Crippen LogP contribution in [-0.4, -0.2) is 15.2 Å². The van der Waals surface area contributed by atoms with E-state index in [2.05, 4.69) is 15.2 Å². The van der Waals surface area contributed by atoms with Gasteiger partial charge in [-0.2, -0.15) is 5.10 Å². The lowest BCUT2D eigenvalue weighted by molar-refractivity contribution is 0.628. The Bertz CT molecular complexity index is 529. The van der Waals surface area contributed by atoms with Gasteiger partial charge >= 0.3 is 0 Å². The van der Waals surface area contributed by atoms with Crippen molar-refractivity contribution in [3.8, 4) is 11.4 Å². The molecule has 0 radical (unpaired) electrons. The Labute approximate surface area is 92.7 Å². The third-order valence-corrected chi connectivity index (χ3v) is 2.91. The number of nitrogens with one attached hydrogen (secondary N) is 1. The molecule has 1 heterocycles. The van der Waals surface area contributed by atoms with Gasteiger partial charge in [-0.25, -0.2) is 9.37 Å². The van der Waals surface area contributed by atoms with E-state index in [4.69, 9.17) is 0 Å². The average Bonchev–Trinajstić information content (AvgIpc) is 3.01. The van der Waals surface area contributed by atoms with Crippen LogP contribution in [0.5, 0.6) is 0 Å². The summed E-state index contributed by atoms with van der Waals surface area (Å²) in [5.74, 6) is 1.81. The van der Waals surface area contributed by atoms with Gasteiger partial charge in [0.15, 0.2) is 5.82 Å². The largest absolute Gasteiger partial charge is 0.262 e. The lowest BCUT2D eigenvalue weighted by atomic mass is 10.1. The normalized spacial score (nSPS) is 15.4. The Morgan fingerprint density at radius 3 is 2.94 bits per heavy atom. The van der Waals surface area contributed by atoms with Gasteiger partial charge in [0, 0.05) is 11.5 Å². The zero-order chi connectivity index (χ0) is 11.1. The number of hydrogen-bond acceptors (Lipinski definition) is 2. The number of benzene rings is 1. The predicted octanol–water partition coefficient (Wildman–Crippen LogP) is 2.80. The van der Waals surface area contributed by atoms with Crippen molar-refractivity contribution in [1.29, 1.82) is 0 Å². The molecule has 0 bridgehead atoms. The third kappa shape index (κ3) is 1.60. The van der Waals surface area contributed by atoms with E-state index in [0.29, 0.717) is 11.7 Å². The Hall–Kier alpha value is -1.71.